The second-order valence-electron chi connectivity index (χ2n) is 3.14. The van der Waals surface area contributed by atoms with Crippen molar-refractivity contribution in [1.82, 2.24) is 0 Å². The van der Waals surface area contributed by atoms with E-state index in [9.17, 15) is 0 Å². The quantitative estimate of drug-likeness (QED) is 0.724. The highest BCUT2D eigenvalue weighted by atomic mass is 32.2. The zero-order valence-corrected chi connectivity index (χ0v) is 9.16. The largest absolute Gasteiger partial charge is 0.385 e. The molecule has 0 radical (unpaired) electrons. The molecule has 0 unspecified atom stereocenters. The number of anilines is 1. The van der Waals surface area contributed by atoms with E-state index in [0.717, 1.165) is 6.54 Å². The first-order chi connectivity index (χ1) is 6.33. The summed E-state index contributed by atoms with van der Waals surface area (Å²) >= 11 is 1.90. The van der Waals surface area contributed by atoms with Gasteiger partial charge in [-0.05, 0) is 37.5 Å². The molecule has 1 rings (SSSR count). The molecule has 0 spiro atoms. The fraction of sp³-hybridized carbons (Fsp3) is 0.455. The molecule has 72 valence electrons. The molecule has 0 aliphatic heterocycles. The first-order valence-electron chi connectivity index (χ1n) is 4.62. The maximum Gasteiger partial charge on any atom is 0.0340 e. The van der Waals surface area contributed by atoms with Crippen molar-refractivity contribution < 1.29 is 0 Å². The van der Waals surface area contributed by atoms with Gasteiger partial charge in [-0.15, -0.1) is 0 Å². The minimum Gasteiger partial charge on any atom is -0.385 e. The standard InChI is InChI=1S/C11H17NS/c1-10-4-6-11(7-5-10)12-8-3-9-13-2/h4-7,12H,3,8-9H2,1-2H3. The van der Waals surface area contributed by atoms with E-state index >= 15 is 0 Å². The van der Waals surface area contributed by atoms with Gasteiger partial charge in [0.1, 0.15) is 0 Å². The Morgan fingerprint density at radius 3 is 2.54 bits per heavy atom. The van der Waals surface area contributed by atoms with Gasteiger partial charge in [0.15, 0.2) is 0 Å². The molecule has 0 atom stereocenters. The zero-order valence-electron chi connectivity index (χ0n) is 8.34. The zero-order chi connectivity index (χ0) is 9.52. The van der Waals surface area contributed by atoms with Gasteiger partial charge in [-0.25, -0.2) is 0 Å². The fourth-order valence-corrected chi connectivity index (χ4v) is 1.55. The lowest BCUT2D eigenvalue weighted by Crippen LogP contribution is -2.02. The minimum absolute atomic E-state index is 1.07. The third-order valence-electron chi connectivity index (χ3n) is 1.91. The first kappa shape index (κ1) is 10.5. The van der Waals surface area contributed by atoms with Gasteiger partial charge in [-0.2, -0.15) is 11.8 Å². The van der Waals surface area contributed by atoms with Crippen molar-refractivity contribution in [3.8, 4) is 0 Å². The molecule has 0 saturated carbocycles. The van der Waals surface area contributed by atoms with Crippen molar-refractivity contribution >= 4 is 17.4 Å². The van der Waals surface area contributed by atoms with Gasteiger partial charge >= 0.3 is 0 Å². The summed E-state index contributed by atoms with van der Waals surface area (Å²) < 4.78 is 0. The summed E-state index contributed by atoms with van der Waals surface area (Å²) in [5.74, 6) is 1.23. The van der Waals surface area contributed by atoms with Crippen molar-refractivity contribution in [1.29, 1.82) is 0 Å². The lowest BCUT2D eigenvalue weighted by Gasteiger charge is -2.05. The number of rotatable bonds is 5. The Kier molecular flexibility index (Phi) is 4.76. The topological polar surface area (TPSA) is 12.0 Å². The second kappa shape index (κ2) is 5.92. The van der Waals surface area contributed by atoms with Crippen LogP contribution in [-0.4, -0.2) is 18.6 Å². The van der Waals surface area contributed by atoms with Crippen LogP contribution in [0.5, 0.6) is 0 Å². The highest BCUT2D eigenvalue weighted by molar-refractivity contribution is 7.98. The average Bonchev–Trinajstić information content (AvgIpc) is 2.15. The Bertz CT molecular complexity index is 230. The molecule has 1 nitrogen and oxygen atoms in total. The van der Waals surface area contributed by atoms with Gasteiger partial charge in [0.2, 0.25) is 0 Å². The van der Waals surface area contributed by atoms with Crippen LogP contribution in [-0.2, 0) is 0 Å². The monoisotopic (exact) mass is 195 g/mol. The summed E-state index contributed by atoms with van der Waals surface area (Å²) in [6.07, 6.45) is 3.38. The van der Waals surface area contributed by atoms with E-state index in [1.54, 1.807) is 0 Å². The van der Waals surface area contributed by atoms with E-state index in [2.05, 4.69) is 42.8 Å². The Labute approximate surface area is 84.9 Å². The number of hydrogen-bond acceptors (Lipinski definition) is 2. The molecular formula is C11H17NS. The highest BCUT2D eigenvalue weighted by Gasteiger charge is 1.90. The van der Waals surface area contributed by atoms with E-state index in [1.807, 2.05) is 11.8 Å². The number of aryl methyl sites for hydroxylation is 1. The van der Waals surface area contributed by atoms with Crippen molar-refractivity contribution in [2.24, 2.45) is 0 Å². The van der Waals surface area contributed by atoms with Gasteiger partial charge in [-0.1, -0.05) is 17.7 Å². The Balaban J connectivity index is 2.25. The van der Waals surface area contributed by atoms with Gasteiger partial charge in [0.25, 0.3) is 0 Å². The first-order valence-corrected chi connectivity index (χ1v) is 6.02. The van der Waals surface area contributed by atoms with Gasteiger partial charge in [0.05, 0.1) is 0 Å². The van der Waals surface area contributed by atoms with Crippen molar-refractivity contribution in [3.63, 3.8) is 0 Å². The number of nitrogens with one attached hydrogen (secondary N) is 1. The second-order valence-corrected chi connectivity index (χ2v) is 4.12. The van der Waals surface area contributed by atoms with Crippen LogP contribution in [0.15, 0.2) is 24.3 Å². The van der Waals surface area contributed by atoms with Crippen LogP contribution in [0.3, 0.4) is 0 Å². The summed E-state index contributed by atoms with van der Waals surface area (Å²) in [6, 6.07) is 8.54. The average molecular weight is 195 g/mol. The predicted molar refractivity (Wildman–Crippen MR) is 62.7 cm³/mol. The molecule has 0 saturated heterocycles. The van der Waals surface area contributed by atoms with Gasteiger partial charge in [-0.3, -0.25) is 0 Å². The van der Waals surface area contributed by atoms with Crippen LogP contribution in [0.4, 0.5) is 5.69 Å². The summed E-state index contributed by atoms with van der Waals surface area (Å²) in [7, 11) is 0. The Morgan fingerprint density at radius 1 is 1.23 bits per heavy atom. The van der Waals surface area contributed by atoms with Gasteiger partial charge in [0, 0.05) is 12.2 Å². The maximum atomic E-state index is 3.39. The predicted octanol–water partition coefficient (Wildman–Crippen LogP) is 3.16. The van der Waals surface area contributed by atoms with Crippen LogP contribution in [0.25, 0.3) is 0 Å². The number of thioether (sulfide) groups is 1. The van der Waals surface area contributed by atoms with Crippen LogP contribution in [0.2, 0.25) is 0 Å². The van der Waals surface area contributed by atoms with Crippen LogP contribution < -0.4 is 5.32 Å². The minimum atomic E-state index is 1.07. The summed E-state index contributed by atoms with van der Waals surface area (Å²) in [5.41, 5.74) is 2.54. The normalized spacial score (nSPS) is 10.0. The Morgan fingerprint density at radius 2 is 1.92 bits per heavy atom. The molecule has 1 aromatic rings. The van der Waals surface area contributed by atoms with Crippen molar-refractivity contribution in [2.75, 3.05) is 23.9 Å². The SMILES string of the molecule is CSCCCNc1ccc(C)cc1. The molecular weight excluding hydrogens is 178 g/mol. The molecule has 1 aromatic carbocycles. The smallest absolute Gasteiger partial charge is 0.0340 e. The molecule has 0 heterocycles. The number of hydrogen-bond donors (Lipinski definition) is 1. The maximum absolute atomic E-state index is 3.39. The summed E-state index contributed by atoms with van der Waals surface area (Å²) in [4.78, 5) is 0. The highest BCUT2D eigenvalue weighted by Crippen LogP contribution is 2.08. The van der Waals surface area contributed by atoms with Gasteiger partial charge < -0.3 is 5.32 Å². The third kappa shape index (κ3) is 4.23. The summed E-state index contributed by atoms with van der Waals surface area (Å²) in [6.45, 7) is 3.18. The molecule has 0 aliphatic rings. The third-order valence-corrected chi connectivity index (χ3v) is 2.60. The molecule has 1 N–H and O–H groups in total. The van der Waals surface area contributed by atoms with E-state index in [4.69, 9.17) is 0 Å². The molecule has 0 aromatic heterocycles. The molecule has 0 bridgehead atoms. The van der Waals surface area contributed by atoms with Crippen molar-refractivity contribution in [3.05, 3.63) is 29.8 Å². The van der Waals surface area contributed by atoms with Crippen LogP contribution in [0, 0.1) is 6.92 Å². The van der Waals surface area contributed by atoms with Crippen LogP contribution in [0.1, 0.15) is 12.0 Å². The lowest BCUT2D eigenvalue weighted by atomic mass is 10.2. The fourth-order valence-electron chi connectivity index (χ4n) is 1.12. The van der Waals surface area contributed by atoms with E-state index in [0.29, 0.717) is 0 Å². The number of benzene rings is 1. The lowest BCUT2D eigenvalue weighted by molar-refractivity contribution is 0.993. The van der Waals surface area contributed by atoms with E-state index < -0.39 is 0 Å². The molecule has 2 heteroatoms. The van der Waals surface area contributed by atoms with Crippen LogP contribution >= 0.6 is 11.8 Å². The molecule has 13 heavy (non-hydrogen) atoms. The molecule has 0 fully saturated rings. The van der Waals surface area contributed by atoms with E-state index in [1.165, 1.54) is 23.4 Å². The molecule has 0 aliphatic carbocycles. The molecule has 0 amide bonds. The van der Waals surface area contributed by atoms with Crippen molar-refractivity contribution in [2.45, 2.75) is 13.3 Å². The Hall–Kier alpha value is -0.630. The van der Waals surface area contributed by atoms with E-state index in [-0.39, 0.29) is 0 Å². The summed E-state index contributed by atoms with van der Waals surface area (Å²) in [5, 5.41) is 3.39.